The van der Waals surface area contributed by atoms with Crippen LogP contribution in [0.3, 0.4) is 0 Å². The van der Waals surface area contributed by atoms with E-state index in [9.17, 15) is 0 Å². The van der Waals surface area contributed by atoms with Gasteiger partial charge < -0.3 is 5.32 Å². The maximum absolute atomic E-state index is 4.45. The van der Waals surface area contributed by atoms with Gasteiger partial charge in [-0.1, -0.05) is 32.4 Å². The maximum Gasteiger partial charge on any atom is 0.183 e. The van der Waals surface area contributed by atoms with Gasteiger partial charge in [0, 0.05) is 17.3 Å². The van der Waals surface area contributed by atoms with Gasteiger partial charge in [0.1, 0.15) is 5.82 Å². The van der Waals surface area contributed by atoms with Gasteiger partial charge in [-0.3, -0.25) is 5.10 Å². The largest absolute Gasteiger partial charge is 0.381 e. The summed E-state index contributed by atoms with van der Waals surface area (Å²) in [6.45, 7) is 6.61. The van der Waals surface area contributed by atoms with Gasteiger partial charge in [0.25, 0.3) is 0 Å². The van der Waals surface area contributed by atoms with E-state index >= 15 is 0 Å². The Morgan fingerprint density at radius 1 is 1.30 bits per heavy atom. The molecule has 1 atom stereocenters. The van der Waals surface area contributed by atoms with Crippen LogP contribution >= 0.6 is 0 Å². The summed E-state index contributed by atoms with van der Waals surface area (Å²) in [5.41, 5.74) is 2.55. The summed E-state index contributed by atoms with van der Waals surface area (Å²) in [5, 5.41) is 10.9. The van der Waals surface area contributed by atoms with Gasteiger partial charge >= 0.3 is 0 Å². The quantitative estimate of drug-likeness (QED) is 0.892. The van der Waals surface area contributed by atoms with Crippen LogP contribution in [0, 0.1) is 12.3 Å². The van der Waals surface area contributed by atoms with Gasteiger partial charge in [0.15, 0.2) is 5.82 Å². The number of rotatable bonds is 3. The molecular formula is C16H22N4. The fourth-order valence-corrected chi connectivity index (χ4v) is 3.05. The molecule has 0 radical (unpaired) electrons. The van der Waals surface area contributed by atoms with Crippen LogP contribution in [0.4, 0.5) is 5.69 Å². The van der Waals surface area contributed by atoms with Gasteiger partial charge in [-0.2, -0.15) is 5.10 Å². The third kappa shape index (κ3) is 2.42. The van der Waals surface area contributed by atoms with E-state index < -0.39 is 0 Å². The Hall–Kier alpha value is -1.84. The summed E-state index contributed by atoms with van der Waals surface area (Å²) in [7, 11) is 0. The molecule has 1 aliphatic carbocycles. The lowest BCUT2D eigenvalue weighted by Crippen LogP contribution is -2.31. The minimum atomic E-state index is 0.349. The van der Waals surface area contributed by atoms with Gasteiger partial charge in [-0.05, 0) is 37.3 Å². The van der Waals surface area contributed by atoms with Crippen molar-refractivity contribution in [3.05, 3.63) is 30.1 Å². The maximum atomic E-state index is 4.45. The molecule has 1 aliphatic rings. The van der Waals surface area contributed by atoms with Gasteiger partial charge in [0.2, 0.25) is 0 Å². The first-order valence-electron chi connectivity index (χ1n) is 7.31. The zero-order valence-corrected chi connectivity index (χ0v) is 12.4. The number of H-pyrrole nitrogens is 1. The van der Waals surface area contributed by atoms with Crippen molar-refractivity contribution in [1.29, 1.82) is 0 Å². The van der Waals surface area contributed by atoms with Crippen molar-refractivity contribution in [3.8, 4) is 11.4 Å². The molecule has 1 fully saturated rings. The van der Waals surface area contributed by atoms with Crippen molar-refractivity contribution >= 4 is 5.69 Å². The fraction of sp³-hybridized carbons (Fsp3) is 0.500. The Labute approximate surface area is 120 Å². The van der Waals surface area contributed by atoms with Crippen molar-refractivity contribution in [2.24, 2.45) is 5.41 Å². The highest BCUT2D eigenvalue weighted by Gasteiger charge is 2.34. The van der Waals surface area contributed by atoms with Gasteiger partial charge in [0.05, 0.1) is 0 Å². The molecular weight excluding hydrogens is 248 g/mol. The second-order valence-electron chi connectivity index (χ2n) is 6.37. The molecule has 0 aliphatic heterocycles. The summed E-state index contributed by atoms with van der Waals surface area (Å²) >= 11 is 0. The summed E-state index contributed by atoms with van der Waals surface area (Å²) < 4.78 is 0. The minimum Gasteiger partial charge on any atom is -0.381 e. The molecule has 0 amide bonds. The molecule has 0 spiro atoms. The van der Waals surface area contributed by atoms with Crippen LogP contribution in [0.15, 0.2) is 24.3 Å². The number of hydrogen-bond acceptors (Lipinski definition) is 3. The smallest absolute Gasteiger partial charge is 0.183 e. The van der Waals surface area contributed by atoms with Crippen molar-refractivity contribution in [2.45, 2.75) is 46.1 Å². The summed E-state index contributed by atoms with van der Waals surface area (Å²) in [6, 6.07) is 8.81. The second-order valence-corrected chi connectivity index (χ2v) is 6.37. The average Bonchev–Trinajstić information content (AvgIpc) is 2.97. The molecule has 0 saturated heterocycles. The van der Waals surface area contributed by atoms with E-state index in [1.807, 2.05) is 13.0 Å². The highest BCUT2D eigenvalue weighted by atomic mass is 15.2. The van der Waals surface area contributed by atoms with Crippen LogP contribution in [0.1, 0.15) is 38.9 Å². The molecule has 1 saturated carbocycles. The van der Waals surface area contributed by atoms with Crippen molar-refractivity contribution in [2.75, 3.05) is 5.32 Å². The van der Waals surface area contributed by atoms with Crippen LogP contribution in [-0.2, 0) is 0 Å². The highest BCUT2D eigenvalue weighted by Crippen LogP contribution is 2.40. The number of nitrogens with zero attached hydrogens (tertiary/aromatic N) is 2. The lowest BCUT2D eigenvalue weighted by molar-refractivity contribution is 0.350. The summed E-state index contributed by atoms with van der Waals surface area (Å²) in [6.07, 6.45) is 3.81. The number of para-hydroxylation sites is 1. The number of nitrogens with one attached hydrogen (secondary N) is 2. The molecule has 1 aromatic carbocycles. The third-order valence-corrected chi connectivity index (χ3v) is 4.35. The van der Waals surface area contributed by atoms with E-state index in [2.05, 4.69) is 52.5 Å². The predicted molar refractivity (Wildman–Crippen MR) is 81.6 cm³/mol. The lowest BCUT2D eigenvalue weighted by atomic mass is 9.87. The predicted octanol–water partition coefficient (Wildman–Crippen LogP) is 3.77. The zero-order valence-electron chi connectivity index (χ0n) is 12.4. The van der Waals surface area contributed by atoms with Crippen LogP contribution < -0.4 is 5.32 Å². The van der Waals surface area contributed by atoms with E-state index in [0.717, 1.165) is 22.9 Å². The number of benzene rings is 1. The molecule has 4 heteroatoms. The van der Waals surface area contributed by atoms with E-state index in [1.165, 1.54) is 19.3 Å². The SMILES string of the molecule is Cc1nc(-c2ccccc2NC2CCCC2(C)C)n[nH]1. The van der Waals surface area contributed by atoms with E-state index in [0.29, 0.717) is 11.5 Å². The molecule has 2 aromatic rings. The number of aryl methyl sites for hydroxylation is 1. The second kappa shape index (κ2) is 4.93. The fourth-order valence-electron chi connectivity index (χ4n) is 3.05. The monoisotopic (exact) mass is 270 g/mol. The molecule has 1 unspecified atom stereocenters. The molecule has 3 rings (SSSR count). The number of anilines is 1. The topological polar surface area (TPSA) is 53.6 Å². The van der Waals surface area contributed by atoms with Crippen LogP contribution in [0.25, 0.3) is 11.4 Å². The Morgan fingerprint density at radius 3 is 2.75 bits per heavy atom. The lowest BCUT2D eigenvalue weighted by Gasteiger charge is -2.29. The molecule has 106 valence electrons. The molecule has 20 heavy (non-hydrogen) atoms. The van der Waals surface area contributed by atoms with E-state index in [-0.39, 0.29) is 0 Å². The van der Waals surface area contributed by atoms with Crippen molar-refractivity contribution in [1.82, 2.24) is 15.2 Å². The molecule has 1 aromatic heterocycles. The van der Waals surface area contributed by atoms with Crippen molar-refractivity contribution < 1.29 is 0 Å². The van der Waals surface area contributed by atoms with Crippen LogP contribution in [0.2, 0.25) is 0 Å². The average molecular weight is 270 g/mol. The first-order chi connectivity index (χ1) is 9.56. The summed E-state index contributed by atoms with van der Waals surface area (Å²) in [5.74, 6) is 1.61. The normalized spacial score (nSPS) is 21.1. The molecule has 1 heterocycles. The van der Waals surface area contributed by atoms with Gasteiger partial charge in [-0.25, -0.2) is 4.98 Å². The Bertz CT molecular complexity index is 600. The number of hydrogen-bond donors (Lipinski definition) is 2. The summed E-state index contributed by atoms with van der Waals surface area (Å²) in [4.78, 5) is 4.45. The third-order valence-electron chi connectivity index (χ3n) is 4.35. The molecule has 0 bridgehead atoms. The first-order valence-corrected chi connectivity index (χ1v) is 7.31. The Kier molecular flexibility index (Phi) is 3.24. The zero-order chi connectivity index (χ0) is 14.2. The van der Waals surface area contributed by atoms with E-state index in [4.69, 9.17) is 0 Å². The van der Waals surface area contributed by atoms with Gasteiger partial charge in [-0.15, -0.1) is 0 Å². The molecule has 4 nitrogen and oxygen atoms in total. The van der Waals surface area contributed by atoms with E-state index in [1.54, 1.807) is 0 Å². The number of aromatic amines is 1. The Morgan fingerprint density at radius 2 is 2.10 bits per heavy atom. The van der Waals surface area contributed by atoms with Crippen LogP contribution in [-0.4, -0.2) is 21.2 Å². The standard InChI is InChI=1S/C16H22N4/c1-11-17-15(20-19-11)12-7-4-5-8-13(12)18-14-9-6-10-16(14,2)3/h4-5,7-8,14,18H,6,9-10H2,1-3H3,(H,17,19,20). The minimum absolute atomic E-state index is 0.349. The molecule has 2 N–H and O–H groups in total. The van der Waals surface area contributed by atoms with Crippen molar-refractivity contribution in [3.63, 3.8) is 0 Å². The van der Waals surface area contributed by atoms with Crippen LogP contribution in [0.5, 0.6) is 0 Å². The Balaban J connectivity index is 1.91. The first kappa shape index (κ1) is 13.2. The number of aromatic nitrogens is 3. The highest BCUT2D eigenvalue weighted by molar-refractivity contribution is 5.73.